The molecule has 0 spiro atoms. The van der Waals surface area contributed by atoms with Crippen molar-refractivity contribution >= 4 is 41.3 Å². The summed E-state index contributed by atoms with van der Waals surface area (Å²) in [5, 5.41) is 5.59. The van der Waals surface area contributed by atoms with Crippen LogP contribution in [0, 0.1) is 5.82 Å². The number of amides is 3. The first kappa shape index (κ1) is 22.0. The van der Waals surface area contributed by atoms with Crippen LogP contribution in [0.4, 0.5) is 14.9 Å². The van der Waals surface area contributed by atoms with Crippen molar-refractivity contribution in [1.29, 1.82) is 0 Å². The Balaban J connectivity index is 1.53. The summed E-state index contributed by atoms with van der Waals surface area (Å²) in [7, 11) is 1.58. The van der Waals surface area contributed by atoms with Crippen LogP contribution in [-0.2, 0) is 4.79 Å². The topological polar surface area (TPSA) is 83.0 Å². The molecular weight excluding hydrogens is 447 g/mol. The van der Waals surface area contributed by atoms with Crippen molar-refractivity contribution in [3.8, 4) is 11.5 Å². The van der Waals surface area contributed by atoms with E-state index in [-0.39, 0.29) is 17.4 Å². The number of anilines is 1. The number of ether oxygens (including phenoxy) is 1. The smallest absolute Gasteiger partial charge is 0.348 e. The summed E-state index contributed by atoms with van der Waals surface area (Å²) in [5.74, 6) is -0.441. The molecule has 0 bridgehead atoms. The maximum absolute atomic E-state index is 14.2. The van der Waals surface area contributed by atoms with Crippen molar-refractivity contribution in [2.24, 2.45) is 4.99 Å². The minimum atomic E-state index is -0.680. The fourth-order valence-corrected chi connectivity index (χ4v) is 3.25. The lowest BCUT2D eigenvalue weighted by Gasteiger charge is -2.12. The first-order valence-electron chi connectivity index (χ1n) is 9.83. The zero-order chi connectivity index (χ0) is 23.4. The summed E-state index contributed by atoms with van der Waals surface area (Å²) in [6, 6.07) is 19.0. The van der Waals surface area contributed by atoms with Crippen LogP contribution >= 0.6 is 11.6 Å². The number of nitrogens with one attached hydrogen (secondary N) is 2. The average Bonchev–Trinajstić information content (AvgIpc) is 3.04. The third-order valence-corrected chi connectivity index (χ3v) is 4.89. The molecule has 2 N–H and O–H groups in total. The molecule has 1 fully saturated rings. The zero-order valence-corrected chi connectivity index (χ0v) is 18.1. The van der Waals surface area contributed by atoms with E-state index >= 15 is 0 Å². The molecule has 0 unspecified atom stereocenters. The second kappa shape index (κ2) is 9.54. The molecule has 0 aromatic heterocycles. The molecule has 3 aromatic carbocycles. The second-order valence-electron chi connectivity index (χ2n) is 7.02. The number of urea groups is 1. The van der Waals surface area contributed by atoms with Crippen molar-refractivity contribution < 1.29 is 18.7 Å². The fourth-order valence-electron chi connectivity index (χ4n) is 3.06. The first-order chi connectivity index (χ1) is 15.9. The molecule has 1 saturated heterocycles. The normalized spacial score (nSPS) is 15.6. The Kier molecular flexibility index (Phi) is 6.37. The minimum Gasteiger partial charge on any atom is -0.454 e. The third kappa shape index (κ3) is 5.36. The van der Waals surface area contributed by atoms with E-state index < -0.39 is 17.8 Å². The Morgan fingerprint density at radius 2 is 1.91 bits per heavy atom. The monoisotopic (exact) mass is 464 g/mol. The fraction of sp³-hybridized carbons (Fsp3) is 0.0417. The Morgan fingerprint density at radius 3 is 2.67 bits per heavy atom. The average molecular weight is 465 g/mol. The van der Waals surface area contributed by atoms with E-state index in [2.05, 4.69) is 15.6 Å². The highest BCUT2D eigenvalue weighted by molar-refractivity contribution is 6.31. The number of rotatable bonds is 4. The molecule has 1 heterocycles. The molecule has 1 aliphatic heterocycles. The predicted octanol–water partition coefficient (Wildman–Crippen LogP) is 5.26. The van der Waals surface area contributed by atoms with Crippen molar-refractivity contribution in [2.75, 3.05) is 12.4 Å². The number of para-hydroxylation sites is 1. The van der Waals surface area contributed by atoms with Gasteiger partial charge in [-0.3, -0.25) is 10.1 Å². The van der Waals surface area contributed by atoms with Gasteiger partial charge in [-0.2, -0.15) is 4.99 Å². The standard InChI is InChI=1S/C24H18ClFN4O3/c1-30-20(12-15-10-11-19(26)21(13-15)33-18-8-3-2-4-9-18)22(31)28-23(30)29-24(32)27-17-7-5-6-16(25)14-17/h2-14H,1H3,(H2,27,28,29,31,32)/b20-12-. The molecule has 0 atom stereocenters. The Hall–Kier alpha value is -4.17. The van der Waals surface area contributed by atoms with E-state index in [1.807, 2.05) is 6.07 Å². The van der Waals surface area contributed by atoms with Gasteiger partial charge in [-0.25, -0.2) is 9.18 Å². The minimum absolute atomic E-state index is 0.0198. The van der Waals surface area contributed by atoms with Gasteiger partial charge in [0.05, 0.1) is 0 Å². The van der Waals surface area contributed by atoms with Crippen molar-refractivity contribution in [2.45, 2.75) is 0 Å². The number of hydrogen-bond donors (Lipinski definition) is 2. The molecule has 3 amide bonds. The quantitative estimate of drug-likeness (QED) is 0.516. The third-order valence-electron chi connectivity index (χ3n) is 4.65. The van der Waals surface area contributed by atoms with Gasteiger partial charge in [-0.1, -0.05) is 41.9 Å². The number of halogens is 2. The van der Waals surface area contributed by atoms with Gasteiger partial charge in [-0.05, 0) is 54.1 Å². The van der Waals surface area contributed by atoms with Gasteiger partial charge in [0.2, 0.25) is 5.96 Å². The Labute approximate surface area is 194 Å². The number of carbonyl (C=O) groups excluding carboxylic acids is 2. The first-order valence-corrected chi connectivity index (χ1v) is 10.2. The van der Waals surface area contributed by atoms with E-state index in [9.17, 15) is 14.0 Å². The second-order valence-corrected chi connectivity index (χ2v) is 7.46. The maximum atomic E-state index is 14.2. The van der Waals surface area contributed by atoms with Crippen LogP contribution < -0.4 is 15.4 Å². The molecule has 0 aliphatic carbocycles. The number of hydrogen-bond acceptors (Lipinski definition) is 3. The molecule has 9 heteroatoms. The summed E-state index contributed by atoms with van der Waals surface area (Å²) in [6.45, 7) is 0. The van der Waals surface area contributed by atoms with Gasteiger partial charge in [0.15, 0.2) is 11.6 Å². The molecule has 0 radical (unpaired) electrons. The molecule has 4 rings (SSSR count). The van der Waals surface area contributed by atoms with E-state index in [0.29, 0.717) is 22.0 Å². The van der Waals surface area contributed by atoms with Crippen LogP contribution in [0.3, 0.4) is 0 Å². The number of benzene rings is 3. The number of likely N-dealkylation sites (N-methyl/N-ethyl adjacent to an activating group) is 1. The number of carbonyl (C=O) groups is 2. The number of guanidine groups is 1. The van der Waals surface area contributed by atoms with Crippen molar-refractivity contribution in [3.63, 3.8) is 0 Å². The highest BCUT2D eigenvalue weighted by Crippen LogP contribution is 2.27. The summed E-state index contributed by atoms with van der Waals surface area (Å²) in [5.41, 5.74) is 1.22. The van der Waals surface area contributed by atoms with E-state index in [1.165, 1.54) is 23.1 Å². The molecule has 1 aliphatic rings. The maximum Gasteiger partial charge on any atom is 0.348 e. The van der Waals surface area contributed by atoms with E-state index in [4.69, 9.17) is 16.3 Å². The Bertz CT molecular complexity index is 1280. The highest BCUT2D eigenvalue weighted by Gasteiger charge is 2.29. The van der Waals surface area contributed by atoms with Crippen LogP contribution in [0.25, 0.3) is 6.08 Å². The molecule has 33 heavy (non-hydrogen) atoms. The van der Waals surface area contributed by atoms with Crippen LogP contribution in [0.5, 0.6) is 11.5 Å². The zero-order valence-electron chi connectivity index (χ0n) is 17.4. The lowest BCUT2D eigenvalue weighted by Crippen LogP contribution is -2.29. The lowest BCUT2D eigenvalue weighted by molar-refractivity contribution is -0.115. The largest absolute Gasteiger partial charge is 0.454 e. The number of nitrogens with zero attached hydrogens (tertiary/aromatic N) is 2. The van der Waals surface area contributed by atoms with Crippen molar-refractivity contribution in [1.82, 2.24) is 10.2 Å². The molecule has 0 saturated carbocycles. The molecule has 3 aromatic rings. The molecule has 166 valence electrons. The molecule has 7 nitrogen and oxygen atoms in total. The van der Waals surface area contributed by atoms with Gasteiger partial charge in [0.1, 0.15) is 11.4 Å². The van der Waals surface area contributed by atoms with Crippen LogP contribution in [0.15, 0.2) is 83.5 Å². The van der Waals surface area contributed by atoms with E-state index in [1.54, 1.807) is 61.7 Å². The predicted molar refractivity (Wildman–Crippen MR) is 125 cm³/mol. The molecular formula is C24H18ClFN4O3. The summed E-state index contributed by atoms with van der Waals surface area (Å²) >= 11 is 5.91. The van der Waals surface area contributed by atoms with Gasteiger partial charge in [-0.15, -0.1) is 0 Å². The summed E-state index contributed by atoms with van der Waals surface area (Å²) in [6.07, 6.45) is 1.55. The number of aliphatic imine (C=N–C) groups is 1. The van der Waals surface area contributed by atoms with Gasteiger partial charge >= 0.3 is 6.03 Å². The van der Waals surface area contributed by atoms with Crippen LogP contribution in [-0.4, -0.2) is 29.8 Å². The van der Waals surface area contributed by atoms with Crippen molar-refractivity contribution in [3.05, 3.63) is 94.9 Å². The van der Waals surface area contributed by atoms with Gasteiger partial charge < -0.3 is 15.0 Å². The van der Waals surface area contributed by atoms with Crippen LogP contribution in [0.2, 0.25) is 5.02 Å². The highest BCUT2D eigenvalue weighted by atomic mass is 35.5. The SMILES string of the molecule is CN1/C(=C\c2ccc(F)c(Oc3ccccc3)c2)C(=O)N/C1=N/C(=O)Nc1cccc(Cl)c1. The summed E-state index contributed by atoms with van der Waals surface area (Å²) in [4.78, 5) is 30.1. The van der Waals surface area contributed by atoms with Gasteiger partial charge in [0.25, 0.3) is 5.91 Å². The van der Waals surface area contributed by atoms with Crippen LogP contribution in [0.1, 0.15) is 5.56 Å². The lowest BCUT2D eigenvalue weighted by atomic mass is 10.1. The van der Waals surface area contributed by atoms with E-state index in [0.717, 1.165) is 0 Å². The summed E-state index contributed by atoms with van der Waals surface area (Å²) < 4.78 is 19.8. The van der Waals surface area contributed by atoms with Gasteiger partial charge in [0, 0.05) is 17.8 Å². The Morgan fingerprint density at radius 1 is 1.12 bits per heavy atom.